The van der Waals surface area contributed by atoms with Crippen molar-refractivity contribution in [3.05, 3.63) is 34.7 Å². The van der Waals surface area contributed by atoms with Gasteiger partial charge in [-0.2, -0.15) is 4.99 Å². The van der Waals surface area contributed by atoms with Gasteiger partial charge in [0.1, 0.15) is 11.6 Å². The maximum absolute atomic E-state index is 12.2. The second-order valence-corrected chi connectivity index (χ2v) is 8.08. The number of nitrogens with zero attached hydrogens (tertiary/aromatic N) is 2. The number of carbonyl (C=O) groups excluding carboxylic acids is 2. The number of aromatic nitrogens is 1. The summed E-state index contributed by atoms with van der Waals surface area (Å²) in [5, 5.41) is 7.44. The van der Waals surface area contributed by atoms with E-state index in [4.69, 9.17) is 4.74 Å². The monoisotopic (exact) mass is 410 g/mol. The smallest absolute Gasteiger partial charge is 0.286 e. The number of hydrogen-bond acceptors (Lipinski definition) is 6. The number of ether oxygens (including phenoxy) is 1. The third-order valence-electron chi connectivity index (χ3n) is 4.56. The molecule has 0 saturated heterocycles. The van der Waals surface area contributed by atoms with Gasteiger partial charge in [-0.25, -0.2) is 4.98 Å². The van der Waals surface area contributed by atoms with Gasteiger partial charge in [-0.1, -0.05) is 6.07 Å². The standard InChI is InChI=1S/C21H22N4O3S/c1-3-28-17-10-19(23-12(2)26)24-16-7-6-14(8-15(16)17)9-18-20(27)25-21(29-18)22-11-13-4-5-13/h6-10,13H,3-5,11H2,1-2H3,(H,22,25,27)(H,23,24,26)/b18-9+. The molecular formula is C21H22N4O3S. The molecule has 2 heterocycles. The zero-order valence-corrected chi connectivity index (χ0v) is 17.1. The fourth-order valence-electron chi connectivity index (χ4n) is 3.01. The zero-order chi connectivity index (χ0) is 20.4. The van der Waals surface area contributed by atoms with Crippen molar-refractivity contribution in [1.29, 1.82) is 0 Å². The minimum absolute atomic E-state index is 0.191. The predicted molar refractivity (Wildman–Crippen MR) is 116 cm³/mol. The Bertz CT molecular complexity index is 1040. The fraction of sp³-hybridized carbons (Fsp3) is 0.333. The second-order valence-electron chi connectivity index (χ2n) is 7.05. The van der Waals surface area contributed by atoms with Gasteiger partial charge in [0.25, 0.3) is 5.91 Å². The van der Waals surface area contributed by atoms with Crippen molar-refractivity contribution in [2.75, 3.05) is 18.5 Å². The summed E-state index contributed by atoms with van der Waals surface area (Å²) in [5.41, 5.74) is 1.57. The van der Waals surface area contributed by atoms with Crippen LogP contribution in [0.3, 0.4) is 0 Å². The van der Waals surface area contributed by atoms with Gasteiger partial charge in [-0.15, -0.1) is 0 Å². The van der Waals surface area contributed by atoms with Crippen LogP contribution in [-0.2, 0) is 9.59 Å². The van der Waals surface area contributed by atoms with E-state index in [1.807, 2.05) is 31.2 Å². The highest BCUT2D eigenvalue weighted by atomic mass is 32.2. The lowest BCUT2D eigenvalue weighted by Crippen LogP contribution is -2.21. The van der Waals surface area contributed by atoms with Crippen LogP contribution < -0.4 is 15.4 Å². The molecule has 1 fully saturated rings. The summed E-state index contributed by atoms with van der Waals surface area (Å²) < 4.78 is 5.75. The molecule has 1 aromatic carbocycles. The van der Waals surface area contributed by atoms with Crippen LogP contribution in [0.5, 0.6) is 5.75 Å². The number of benzene rings is 1. The van der Waals surface area contributed by atoms with Gasteiger partial charge in [0.15, 0.2) is 5.17 Å². The lowest BCUT2D eigenvalue weighted by atomic mass is 10.1. The van der Waals surface area contributed by atoms with Crippen LogP contribution in [0.1, 0.15) is 32.3 Å². The van der Waals surface area contributed by atoms with Crippen LogP contribution in [0.4, 0.5) is 5.82 Å². The van der Waals surface area contributed by atoms with Crippen LogP contribution in [0.15, 0.2) is 34.2 Å². The van der Waals surface area contributed by atoms with Crippen LogP contribution >= 0.6 is 11.8 Å². The van der Waals surface area contributed by atoms with Crippen molar-refractivity contribution < 1.29 is 14.3 Å². The number of amides is 2. The van der Waals surface area contributed by atoms with Crippen LogP contribution in [0, 0.1) is 5.92 Å². The second kappa shape index (κ2) is 8.24. The third-order valence-corrected chi connectivity index (χ3v) is 5.50. The number of anilines is 1. The van der Waals surface area contributed by atoms with Gasteiger partial charge in [0, 0.05) is 24.9 Å². The van der Waals surface area contributed by atoms with E-state index in [0.29, 0.717) is 39.7 Å². The molecule has 1 aliphatic heterocycles. The Morgan fingerprint density at radius 2 is 2.17 bits per heavy atom. The molecule has 0 atom stereocenters. The Hall–Kier alpha value is -2.87. The molecule has 1 aromatic heterocycles. The molecule has 0 bridgehead atoms. The molecular weight excluding hydrogens is 388 g/mol. The number of amidine groups is 1. The average molecular weight is 410 g/mol. The SMILES string of the molecule is CCOc1cc(NC(C)=O)nc2ccc(/C=C3/SC(NCC4CC4)=NC3=O)cc12. The van der Waals surface area contributed by atoms with Gasteiger partial charge in [0.05, 0.1) is 17.0 Å². The van der Waals surface area contributed by atoms with Crippen molar-refractivity contribution in [3.8, 4) is 5.75 Å². The predicted octanol–water partition coefficient (Wildman–Crippen LogP) is 3.56. The van der Waals surface area contributed by atoms with Crippen molar-refractivity contribution in [3.63, 3.8) is 0 Å². The van der Waals surface area contributed by atoms with Gasteiger partial charge in [-0.3, -0.25) is 9.59 Å². The summed E-state index contributed by atoms with van der Waals surface area (Å²) in [6.45, 7) is 4.70. The molecule has 2 N–H and O–H groups in total. The molecule has 2 amide bonds. The summed E-state index contributed by atoms with van der Waals surface area (Å²) in [5.74, 6) is 1.38. The zero-order valence-electron chi connectivity index (χ0n) is 16.3. The molecule has 150 valence electrons. The number of carbonyl (C=O) groups is 2. The Balaban J connectivity index is 1.59. The molecule has 2 aliphatic rings. The lowest BCUT2D eigenvalue weighted by molar-refractivity contribution is -0.114. The summed E-state index contributed by atoms with van der Waals surface area (Å²) >= 11 is 1.37. The molecule has 4 rings (SSSR count). The normalized spacial score (nSPS) is 17.5. The summed E-state index contributed by atoms with van der Waals surface area (Å²) in [6, 6.07) is 7.38. The van der Waals surface area contributed by atoms with Crippen LogP contribution in [-0.4, -0.2) is 35.1 Å². The molecule has 1 aliphatic carbocycles. The number of nitrogens with one attached hydrogen (secondary N) is 2. The van der Waals surface area contributed by atoms with Crippen LogP contribution in [0.2, 0.25) is 0 Å². The Labute approximate surface area is 173 Å². The Kier molecular flexibility index (Phi) is 5.53. The van der Waals surface area contributed by atoms with Crippen LogP contribution in [0.25, 0.3) is 17.0 Å². The van der Waals surface area contributed by atoms with Gasteiger partial charge >= 0.3 is 0 Å². The molecule has 0 radical (unpaired) electrons. The van der Waals surface area contributed by atoms with E-state index in [2.05, 4.69) is 20.6 Å². The highest BCUT2D eigenvalue weighted by molar-refractivity contribution is 8.18. The summed E-state index contributed by atoms with van der Waals surface area (Å²) in [7, 11) is 0. The number of fused-ring (bicyclic) bond motifs is 1. The average Bonchev–Trinajstić information content (AvgIpc) is 3.44. The van der Waals surface area contributed by atoms with Gasteiger partial charge < -0.3 is 15.4 Å². The molecule has 0 spiro atoms. The minimum Gasteiger partial charge on any atom is -0.493 e. The Morgan fingerprint density at radius 1 is 1.34 bits per heavy atom. The highest BCUT2D eigenvalue weighted by Gasteiger charge is 2.25. The van der Waals surface area contributed by atoms with Crippen molar-refractivity contribution in [2.24, 2.45) is 10.9 Å². The number of pyridine rings is 1. The molecule has 1 saturated carbocycles. The molecule has 2 aromatic rings. The maximum Gasteiger partial charge on any atom is 0.286 e. The first-order valence-corrected chi connectivity index (χ1v) is 10.4. The quantitative estimate of drug-likeness (QED) is 0.708. The van der Waals surface area contributed by atoms with E-state index in [0.717, 1.165) is 17.5 Å². The molecule has 29 heavy (non-hydrogen) atoms. The van der Waals surface area contributed by atoms with E-state index in [1.165, 1.54) is 31.5 Å². The maximum atomic E-state index is 12.2. The Morgan fingerprint density at radius 3 is 2.90 bits per heavy atom. The first-order valence-electron chi connectivity index (χ1n) is 9.63. The first kappa shape index (κ1) is 19.4. The van der Waals surface area contributed by atoms with Crippen molar-refractivity contribution in [1.82, 2.24) is 10.3 Å². The number of aliphatic imine (C=N–C) groups is 1. The lowest BCUT2D eigenvalue weighted by Gasteiger charge is -2.11. The molecule has 7 nitrogen and oxygen atoms in total. The summed E-state index contributed by atoms with van der Waals surface area (Å²) in [6.07, 6.45) is 4.33. The third kappa shape index (κ3) is 4.76. The van der Waals surface area contributed by atoms with E-state index < -0.39 is 0 Å². The van der Waals surface area contributed by atoms with Gasteiger partial charge in [0.2, 0.25) is 5.91 Å². The van der Waals surface area contributed by atoms with E-state index in [9.17, 15) is 9.59 Å². The van der Waals surface area contributed by atoms with E-state index >= 15 is 0 Å². The molecule has 0 unspecified atom stereocenters. The van der Waals surface area contributed by atoms with Gasteiger partial charge in [-0.05, 0) is 61.2 Å². The number of rotatable bonds is 6. The fourth-order valence-corrected chi connectivity index (χ4v) is 3.83. The highest BCUT2D eigenvalue weighted by Crippen LogP contribution is 2.33. The topological polar surface area (TPSA) is 92.7 Å². The largest absolute Gasteiger partial charge is 0.493 e. The molecule has 8 heteroatoms. The van der Waals surface area contributed by atoms with E-state index in [-0.39, 0.29) is 11.8 Å². The van der Waals surface area contributed by atoms with E-state index in [1.54, 1.807) is 6.07 Å². The minimum atomic E-state index is -0.224. The van der Waals surface area contributed by atoms with Crippen molar-refractivity contribution in [2.45, 2.75) is 26.7 Å². The summed E-state index contributed by atoms with van der Waals surface area (Å²) in [4.78, 5) is 32.7. The number of hydrogen-bond donors (Lipinski definition) is 2. The number of thioether (sulfide) groups is 1. The van der Waals surface area contributed by atoms with Crippen molar-refractivity contribution >= 4 is 51.5 Å². The first-order chi connectivity index (χ1) is 14.0.